The van der Waals surface area contributed by atoms with E-state index in [9.17, 15) is 0 Å². The maximum absolute atomic E-state index is 8.83. The van der Waals surface area contributed by atoms with Gasteiger partial charge in [0.1, 0.15) is 0 Å². The minimum atomic E-state index is -0.169. The third-order valence-corrected chi connectivity index (χ3v) is 1.78. The van der Waals surface area contributed by atoms with Crippen LogP contribution in [-0.4, -0.2) is 11.7 Å². The van der Waals surface area contributed by atoms with E-state index in [2.05, 4.69) is 4.84 Å². The van der Waals surface area contributed by atoms with Crippen LogP contribution in [0.4, 0.5) is 0 Å². The molecule has 0 radical (unpaired) electrons. The number of aliphatic hydroxyl groups excluding tert-OH is 1. The Kier molecular flexibility index (Phi) is 3.36. The lowest BCUT2D eigenvalue weighted by molar-refractivity contribution is 0.260. The van der Waals surface area contributed by atoms with Crippen molar-refractivity contribution in [3.63, 3.8) is 0 Å². The van der Waals surface area contributed by atoms with Gasteiger partial charge in [0.15, 0.2) is 0 Å². The summed E-state index contributed by atoms with van der Waals surface area (Å²) in [6, 6.07) is 9.40. The highest BCUT2D eigenvalue weighted by Crippen LogP contribution is 2.11. The molecule has 1 atom stereocenters. The molecular formula is C8H10ClNO. The van der Waals surface area contributed by atoms with Gasteiger partial charge in [0.25, 0.3) is 0 Å². The van der Waals surface area contributed by atoms with Gasteiger partial charge in [-0.25, -0.2) is 4.84 Å². The Morgan fingerprint density at radius 2 is 2.00 bits per heavy atom. The Hall–Kier alpha value is -0.570. The number of rotatable bonds is 3. The van der Waals surface area contributed by atoms with Gasteiger partial charge in [-0.2, -0.15) is 0 Å². The molecule has 0 aliphatic carbocycles. The lowest BCUT2D eigenvalue weighted by Gasteiger charge is -2.10. The van der Waals surface area contributed by atoms with E-state index >= 15 is 0 Å². The van der Waals surface area contributed by atoms with Crippen LogP contribution in [-0.2, 0) is 0 Å². The number of aliphatic hydroxyl groups is 1. The Labute approximate surface area is 70.9 Å². The molecule has 0 heterocycles. The van der Waals surface area contributed by atoms with E-state index in [0.29, 0.717) is 0 Å². The maximum Gasteiger partial charge on any atom is 0.0701 e. The van der Waals surface area contributed by atoms with Crippen molar-refractivity contribution in [1.82, 2.24) is 4.84 Å². The third kappa shape index (κ3) is 2.19. The molecule has 2 N–H and O–H groups in total. The first-order valence-corrected chi connectivity index (χ1v) is 3.78. The summed E-state index contributed by atoms with van der Waals surface area (Å²) in [5.74, 6) is 0. The van der Waals surface area contributed by atoms with Crippen LogP contribution in [0.25, 0.3) is 0 Å². The molecule has 0 amide bonds. The second kappa shape index (κ2) is 4.34. The highest BCUT2D eigenvalue weighted by molar-refractivity contribution is 6.13. The fraction of sp³-hybridized carbons (Fsp3) is 0.250. The first-order chi connectivity index (χ1) is 5.38. The van der Waals surface area contributed by atoms with Gasteiger partial charge in [-0.15, -0.1) is 0 Å². The molecule has 0 aromatic heterocycles. The predicted molar refractivity (Wildman–Crippen MR) is 45.3 cm³/mol. The monoisotopic (exact) mass is 171 g/mol. The van der Waals surface area contributed by atoms with Crippen molar-refractivity contribution >= 4 is 11.8 Å². The van der Waals surface area contributed by atoms with Crippen LogP contribution in [0, 0.1) is 0 Å². The van der Waals surface area contributed by atoms with Gasteiger partial charge in [-0.05, 0) is 17.3 Å². The molecule has 0 aliphatic rings. The molecule has 0 saturated heterocycles. The number of nitrogens with one attached hydrogen (secondary N) is 1. The van der Waals surface area contributed by atoms with E-state index in [4.69, 9.17) is 16.9 Å². The zero-order valence-corrected chi connectivity index (χ0v) is 6.75. The van der Waals surface area contributed by atoms with Crippen LogP contribution < -0.4 is 4.84 Å². The zero-order chi connectivity index (χ0) is 8.10. The van der Waals surface area contributed by atoms with Crippen molar-refractivity contribution in [2.24, 2.45) is 0 Å². The fourth-order valence-corrected chi connectivity index (χ4v) is 1.08. The number of benzene rings is 1. The van der Waals surface area contributed by atoms with Crippen LogP contribution in [0.3, 0.4) is 0 Å². The Bertz CT molecular complexity index is 199. The molecule has 0 bridgehead atoms. The summed E-state index contributed by atoms with van der Waals surface area (Å²) in [5.41, 5.74) is 0.991. The number of halogens is 1. The molecule has 11 heavy (non-hydrogen) atoms. The standard InChI is InChI=1S/C8H10ClNO/c9-10-8(6-11)7-4-2-1-3-5-7/h1-5,8,10-11H,6H2/t8-/m0/s1. The molecule has 0 aliphatic heterocycles. The first-order valence-electron chi connectivity index (χ1n) is 3.40. The fourth-order valence-electron chi connectivity index (χ4n) is 0.888. The summed E-state index contributed by atoms with van der Waals surface area (Å²) in [4.78, 5) is 2.49. The van der Waals surface area contributed by atoms with Crippen LogP contribution in [0.1, 0.15) is 11.6 Å². The van der Waals surface area contributed by atoms with E-state index in [0.717, 1.165) is 5.56 Å². The van der Waals surface area contributed by atoms with Crippen LogP contribution >= 0.6 is 11.8 Å². The topological polar surface area (TPSA) is 32.3 Å². The van der Waals surface area contributed by atoms with Gasteiger partial charge in [-0.3, -0.25) is 0 Å². The maximum atomic E-state index is 8.83. The third-order valence-electron chi connectivity index (χ3n) is 1.52. The number of hydrogen-bond donors (Lipinski definition) is 2. The lowest BCUT2D eigenvalue weighted by Crippen LogP contribution is -2.14. The molecule has 3 heteroatoms. The van der Waals surface area contributed by atoms with E-state index in [1.54, 1.807) is 0 Å². The average molecular weight is 172 g/mol. The van der Waals surface area contributed by atoms with Gasteiger partial charge in [-0.1, -0.05) is 30.3 Å². The van der Waals surface area contributed by atoms with Crippen LogP contribution in [0.5, 0.6) is 0 Å². The molecule has 0 unspecified atom stereocenters. The Morgan fingerprint density at radius 1 is 1.36 bits per heavy atom. The van der Waals surface area contributed by atoms with Crippen molar-refractivity contribution in [2.75, 3.05) is 6.61 Å². The average Bonchev–Trinajstić information content (AvgIpc) is 2.09. The molecule has 2 nitrogen and oxygen atoms in total. The van der Waals surface area contributed by atoms with Crippen molar-refractivity contribution in [2.45, 2.75) is 6.04 Å². The molecule has 60 valence electrons. The van der Waals surface area contributed by atoms with E-state index in [1.807, 2.05) is 30.3 Å². The summed E-state index contributed by atoms with van der Waals surface area (Å²) in [5, 5.41) is 8.83. The minimum Gasteiger partial charge on any atom is -0.394 e. The molecule has 0 saturated carbocycles. The molecule has 1 aromatic rings. The largest absolute Gasteiger partial charge is 0.394 e. The van der Waals surface area contributed by atoms with Gasteiger partial charge in [0, 0.05) is 0 Å². The van der Waals surface area contributed by atoms with Crippen molar-refractivity contribution in [3.05, 3.63) is 35.9 Å². The molecule has 1 aromatic carbocycles. The van der Waals surface area contributed by atoms with Gasteiger partial charge >= 0.3 is 0 Å². The highest BCUT2D eigenvalue weighted by atomic mass is 35.5. The summed E-state index contributed by atoms with van der Waals surface area (Å²) in [7, 11) is 0. The first kappa shape index (κ1) is 8.53. The quantitative estimate of drug-likeness (QED) is 0.675. The molecular weight excluding hydrogens is 162 g/mol. The molecule has 0 fully saturated rings. The molecule has 0 spiro atoms. The van der Waals surface area contributed by atoms with Gasteiger partial charge in [0.05, 0.1) is 12.6 Å². The lowest BCUT2D eigenvalue weighted by atomic mass is 10.1. The Morgan fingerprint density at radius 3 is 2.45 bits per heavy atom. The van der Waals surface area contributed by atoms with Crippen LogP contribution in [0.2, 0.25) is 0 Å². The normalized spacial score (nSPS) is 12.9. The summed E-state index contributed by atoms with van der Waals surface area (Å²) in [6.07, 6.45) is 0. The van der Waals surface area contributed by atoms with Gasteiger partial charge in [0.2, 0.25) is 0 Å². The second-order valence-electron chi connectivity index (χ2n) is 2.25. The van der Waals surface area contributed by atoms with Crippen LogP contribution in [0.15, 0.2) is 30.3 Å². The van der Waals surface area contributed by atoms with Crippen molar-refractivity contribution in [1.29, 1.82) is 0 Å². The summed E-state index contributed by atoms with van der Waals surface area (Å²) < 4.78 is 0. The van der Waals surface area contributed by atoms with E-state index in [1.165, 1.54) is 0 Å². The number of hydrogen-bond acceptors (Lipinski definition) is 2. The molecule has 1 rings (SSSR count). The summed E-state index contributed by atoms with van der Waals surface area (Å²) >= 11 is 5.39. The zero-order valence-electron chi connectivity index (χ0n) is 6.00. The Balaban J connectivity index is 2.74. The van der Waals surface area contributed by atoms with Crippen molar-refractivity contribution < 1.29 is 5.11 Å². The van der Waals surface area contributed by atoms with E-state index < -0.39 is 0 Å². The summed E-state index contributed by atoms with van der Waals surface area (Å²) in [6.45, 7) is 0.00745. The SMILES string of the molecule is OC[C@H](NCl)c1ccccc1. The minimum absolute atomic E-state index is 0.00745. The van der Waals surface area contributed by atoms with Gasteiger partial charge < -0.3 is 5.11 Å². The smallest absolute Gasteiger partial charge is 0.0701 e. The van der Waals surface area contributed by atoms with E-state index in [-0.39, 0.29) is 12.6 Å². The highest BCUT2D eigenvalue weighted by Gasteiger charge is 2.05. The van der Waals surface area contributed by atoms with Crippen molar-refractivity contribution in [3.8, 4) is 0 Å². The predicted octanol–water partition coefficient (Wildman–Crippen LogP) is 1.46. The second-order valence-corrected chi connectivity index (χ2v) is 2.47.